The van der Waals surface area contributed by atoms with Crippen LogP contribution in [-0.2, 0) is 18.3 Å². The van der Waals surface area contributed by atoms with Crippen LogP contribution in [0, 0.1) is 6.92 Å². The molecule has 1 aromatic heterocycles. The summed E-state index contributed by atoms with van der Waals surface area (Å²) in [4.78, 5) is 12.0. The Bertz CT molecular complexity index is 597. The van der Waals surface area contributed by atoms with Gasteiger partial charge in [0.2, 0.25) is 5.91 Å². The third kappa shape index (κ3) is 3.47. The van der Waals surface area contributed by atoms with Crippen LogP contribution in [0.3, 0.4) is 0 Å². The van der Waals surface area contributed by atoms with Gasteiger partial charge in [-0.05, 0) is 24.0 Å². The minimum Gasteiger partial charge on any atom is -0.311 e. The molecule has 0 aliphatic heterocycles. The second-order valence-corrected chi connectivity index (χ2v) is 5.42. The van der Waals surface area contributed by atoms with Crippen LogP contribution in [0.2, 0.25) is 0 Å². The van der Waals surface area contributed by atoms with Crippen molar-refractivity contribution in [2.45, 2.75) is 33.1 Å². The average Bonchev–Trinajstić information content (AvgIpc) is 2.68. The molecule has 0 radical (unpaired) electrons. The summed E-state index contributed by atoms with van der Waals surface area (Å²) in [6.45, 7) is 6.22. The van der Waals surface area contributed by atoms with Crippen molar-refractivity contribution < 1.29 is 4.79 Å². The zero-order chi connectivity index (χ0) is 14.7. The highest BCUT2D eigenvalue weighted by atomic mass is 16.1. The summed E-state index contributed by atoms with van der Waals surface area (Å²) in [5.74, 6) is 1.21. The van der Waals surface area contributed by atoms with Crippen LogP contribution in [0.4, 0.5) is 5.82 Å². The van der Waals surface area contributed by atoms with Crippen LogP contribution in [0.5, 0.6) is 0 Å². The number of aryl methyl sites for hydroxylation is 2. The molecule has 4 heteroatoms. The summed E-state index contributed by atoms with van der Waals surface area (Å²) in [6, 6.07) is 10.1. The Kier molecular flexibility index (Phi) is 4.23. The molecule has 0 bridgehead atoms. The number of hydrogen-bond acceptors (Lipinski definition) is 2. The van der Waals surface area contributed by atoms with Crippen molar-refractivity contribution in [3.8, 4) is 0 Å². The normalized spacial score (nSPS) is 10.8. The number of hydrogen-bond donors (Lipinski definition) is 1. The summed E-state index contributed by atoms with van der Waals surface area (Å²) in [6.07, 6.45) is 0.378. The number of nitrogens with zero attached hydrogens (tertiary/aromatic N) is 2. The molecular weight excluding hydrogens is 250 g/mol. The maximum Gasteiger partial charge on any atom is 0.229 e. The molecule has 0 atom stereocenters. The summed E-state index contributed by atoms with van der Waals surface area (Å²) in [5, 5.41) is 7.08. The number of amides is 1. The highest BCUT2D eigenvalue weighted by molar-refractivity contribution is 5.91. The van der Waals surface area contributed by atoms with Gasteiger partial charge in [0, 0.05) is 13.1 Å². The predicted molar refractivity (Wildman–Crippen MR) is 80.8 cm³/mol. The Labute approximate surface area is 119 Å². The Hall–Kier alpha value is -2.10. The van der Waals surface area contributed by atoms with Gasteiger partial charge in [-0.2, -0.15) is 5.10 Å². The van der Waals surface area contributed by atoms with E-state index in [0.717, 1.165) is 17.1 Å². The molecule has 1 aromatic carbocycles. The molecule has 2 aromatic rings. The van der Waals surface area contributed by atoms with Gasteiger partial charge < -0.3 is 5.32 Å². The maximum atomic E-state index is 12.0. The SMILES string of the molecule is Cc1cc(NC(=O)Cc2ccc(C(C)C)cc2)n(C)n1. The average molecular weight is 271 g/mol. The highest BCUT2D eigenvalue weighted by Gasteiger charge is 2.08. The topological polar surface area (TPSA) is 46.9 Å². The molecule has 2 rings (SSSR count). The Balaban J connectivity index is 1.99. The fourth-order valence-corrected chi connectivity index (χ4v) is 2.12. The molecule has 1 amide bonds. The van der Waals surface area contributed by atoms with Crippen LogP contribution >= 0.6 is 0 Å². The van der Waals surface area contributed by atoms with Gasteiger partial charge >= 0.3 is 0 Å². The van der Waals surface area contributed by atoms with Crippen LogP contribution < -0.4 is 5.32 Å². The minimum atomic E-state index is -0.0229. The summed E-state index contributed by atoms with van der Waals surface area (Å²) in [5.41, 5.74) is 3.20. The lowest BCUT2D eigenvalue weighted by Gasteiger charge is -2.08. The first-order valence-corrected chi connectivity index (χ1v) is 6.85. The Morgan fingerprint density at radius 1 is 1.30 bits per heavy atom. The lowest BCUT2D eigenvalue weighted by atomic mass is 10.0. The number of benzene rings is 1. The number of nitrogens with one attached hydrogen (secondary N) is 1. The second kappa shape index (κ2) is 5.90. The first-order chi connectivity index (χ1) is 9.45. The number of rotatable bonds is 4. The number of aromatic nitrogens is 2. The second-order valence-electron chi connectivity index (χ2n) is 5.42. The summed E-state index contributed by atoms with van der Waals surface area (Å²) < 4.78 is 1.68. The Morgan fingerprint density at radius 2 is 1.95 bits per heavy atom. The van der Waals surface area contributed by atoms with Gasteiger partial charge in [0.15, 0.2) is 0 Å². The van der Waals surface area contributed by atoms with Crippen LogP contribution in [0.15, 0.2) is 30.3 Å². The smallest absolute Gasteiger partial charge is 0.229 e. The predicted octanol–water partition coefficient (Wildman–Crippen LogP) is 3.03. The molecule has 0 aliphatic carbocycles. The summed E-state index contributed by atoms with van der Waals surface area (Å²) in [7, 11) is 1.82. The van der Waals surface area contributed by atoms with Gasteiger partial charge in [-0.3, -0.25) is 9.48 Å². The van der Waals surface area contributed by atoms with E-state index in [2.05, 4.69) is 36.4 Å². The molecule has 1 N–H and O–H groups in total. The first kappa shape index (κ1) is 14.3. The van der Waals surface area contributed by atoms with Crippen molar-refractivity contribution in [1.82, 2.24) is 9.78 Å². The third-order valence-corrected chi connectivity index (χ3v) is 3.28. The zero-order valence-corrected chi connectivity index (χ0v) is 12.5. The van der Waals surface area contributed by atoms with Crippen molar-refractivity contribution in [3.05, 3.63) is 47.2 Å². The molecule has 1 heterocycles. The van der Waals surface area contributed by atoms with E-state index in [-0.39, 0.29) is 5.91 Å². The number of carbonyl (C=O) groups is 1. The molecular formula is C16H21N3O. The Morgan fingerprint density at radius 3 is 2.45 bits per heavy atom. The van der Waals surface area contributed by atoms with Crippen molar-refractivity contribution >= 4 is 11.7 Å². The van der Waals surface area contributed by atoms with Crippen molar-refractivity contribution in [1.29, 1.82) is 0 Å². The van der Waals surface area contributed by atoms with Gasteiger partial charge in [0.05, 0.1) is 12.1 Å². The molecule has 4 nitrogen and oxygen atoms in total. The molecule has 0 aliphatic rings. The van der Waals surface area contributed by atoms with Gasteiger partial charge in [-0.25, -0.2) is 0 Å². The number of anilines is 1. The monoisotopic (exact) mass is 271 g/mol. The highest BCUT2D eigenvalue weighted by Crippen LogP contribution is 2.15. The lowest BCUT2D eigenvalue weighted by molar-refractivity contribution is -0.115. The van der Waals surface area contributed by atoms with Crippen molar-refractivity contribution in [2.24, 2.45) is 7.05 Å². The fraction of sp³-hybridized carbons (Fsp3) is 0.375. The molecule has 0 fully saturated rings. The van der Waals surface area contributed by atoms with E-state index in [1.807, 2.05) is 32.2 Å². The van der Waals surface area contributed by atoms with Gasteiger partial charge in [-0.15, -0.1) is 0 Å². The molecule has 0 unspecified atom stereocenters. The van der Waals surface area contributed by atoms with E-state index in [9.17, 15) is 4.79 Å². The van der Waals surface area contributed by atoms with E-state index in [1.54, 1.807) is 4.68 Å². The molecule has 20 heavy (non-hydrogen) atoms. The quantitative estimate of drug-likeness (QED) is 0.929. The lowest BCUT2D eigenvalue weighted by Crippen LogP contribution is -2.16. The third-order valence-electron chi connectivity index (χ3n) is 3.28. The maximum absolute atomic E-state index is 12.0. The van der Waals surface area contributed by atoms with Crippen LogP contribution in [0.1, 0.15) is 36.6 Å². The van der Waals surface area contributed by atoms with Crippen molar-refractivity contribution in [3.63, 3.8) is 0 Å². The van der Waals surface area contributed by atoms with Gasteiger partial charge in [0.1, 0.15) is 5.82 Å². The van der Waals surface area contributed by atoms with E-state index in [1.165, 1.54) is 5.56 Å². The van der Waals surface area contributed by atoms with E-state index in [0.29, 0.717) is 12.3 Å². The summed E-state index contributed by atoms with van der Waals surface area (Å²) >= 11 is 0. The van der Waals surface area contributed by atoms with Crippen molar-refractivity contribution in [2.75, 3.05) is 5.32 Å². The van der Waals surface area contributed by atoms with Crippen LogP contribution in [-0.4, -0.2) is 15.7 Å². The molecule has 0 saturated heterocycles. The zero-order valence-electron chi connectivity index (χ0n) is 12.5. The van der Waals surface area contributed by atoms with E-state index in [4.69, 9.17) is 0 Å². The number of carbonyl (C=O) groups excluding carboxylic acids is 1. The minimum absolute atomic E-state index is 0.0229. The van der Waals surface area contributed by atoms with E-state index < -0.39 is 0 Å². The molecule has 0 spiro atoms. The van der Waals surface area contributed by atoms with Gasteiger partial charge in [-0.1, -0.05) is 38.1 Å². The van der Waals surface area contributed by atoms with Gasteiger partial charge in [0.25, 0.3) is 0 Å². The standard InChI is InChI=1S/C16H21N3O/c1-11(2)14-7-5-13(6-8-14)10-16(20)17-15-9-12(3)18-19(15)4/h5-9,11H,10H2,1-4H3,(H,17,20). The molecule has 106 valence electrons. The van der Waals surface area contributed by atoms with E-state index >= 15 is 0 Å². The first-order valence-electron chi connectivity index (χ1n) is 6.85. The largest absolute Gasteiger partial charge is 0.311 e. The van der Waals surface area contributed by atoms with Crippen LogP contribution in [0.25, 0.3) is 0 Å². The molecule has 0 saturated carbocycles. The fourth-order valence-electron chi connectivity index (χ4n) is 2.12.